The van der Waals surface area contributed by atoms with Gasteiger partial charge in [0.05, 0.1) is 32.0 Å². The molecule has 1 aliphatic heterocycles. The van der Waals surface area contributed by atoms with E-state index < -0.39 is 11.9 Å². The molecule has 0 bridgehead atoms. The van der Waals surface area contributed by atoms with Crippen molar-refractivity contribution >= 4 is 17.7 Å². The molecule has 9 nitrogen and oxygen atoms in total. The Morgan fingerprint density at radius 1 is 0.775 bits per heavy atom. The minimum Gasteiger partial charge on any atom is -0.493 e. The molecule has 0 amide bonds. The molecule has 1 heterocycles. The number of ketones is 1. The molecule has 0 radical (unpaired) electrons. The minimum absolute atomic E-state index is 0.0466. The molecule has 2 N–H and O–H groups in total. The molecule has 0 fully saturated rings. The van der Waals surface area contributed by atoms with Crippen molar-refractivity contribution in [3.05, 3.63) is 47.0 Å². The van der Waals surface area contributed by atoms with Crippen LogP contribution >= 0.6 is 0 Å². The number of carbonyl (C=O) groups is 3. The van der Waals surface area contributed by atoms with Crippen molar-refractivity contribution < 1.29 is 43.5 Å². The Morgan fingerprint density at radius 3 is 1.98 bits per heavy atom. The molecular formula is C31H40O9. The summed E-state index contributed by atoms with van der Waals surface area (Å²) in [6.45, 7) is 3.86. The van der Waals surface area contributed by atoms with Gasteiger partial charge >= 0.3 is 11.9 Å². The molecule has 3 rings (SSSR count). The number of hydrogen-bond acceptors (Lipinski definition) is 7. The van der Waals surface area contributed by atoms with Crippen molar-refractivity contribution in [1.29, 1.82) is 0 Å². The van der Waals surface area contributed by atoms with Gasteiger partial charge < -0.3 is 29.2 Å². The summed E-state index contributed by atoms with van der Waals surface area (Å²) < 4.78 is 23.8. The van der Waals surface area contributed by atoms with Gasteiger partial charge in [0.15, 0.2) is 5.78 Å². The van der Waals surface area contributed by atoms with E-state index in [1.165, 1.54) is 0 Å². The normalized spacial score (nSPS) is 12.4. The molecule has 0 spiro atoms. The van der Waals surface area contributed by atoms with Crippen molar-refractivity contribution in [2.45, 2.75) is 77.6 Å². The smallest absolute Gasteiger partial charge is 0.303 e. The largest absolute Gasteiger partial charge is 0.493 e. The predicted molar refractivity (Wildman–Crippen MR) is 149 cm³/mol. The molecule has 0 unspecified atom stereocenters. The maximum Gasteiger partial charge on any atom is 0.303 e. The molecule has 0 atom stereocenters. The Morgan fingerprint density at radius 2 is 1.38 bits per heavy atom. The van der Waals surface area contributed by atoms with E-state index in [2.05, 4.69) is 6.92 Å². The minimum atomic E-state index is -0.901. The zero-order valence-electron chi connectivity index (χ0n) is 23.2. The lowest BCUT2D eigenvalue weighted by atomic mass is 9.98. The maximum atomic E-state index is 12.2. The van der Waals surface area contributed by atoms with Crippen LogP contribution in [0.2, 0.25) is 0 Å². The van der Waals surface area contributed by atoms with Gasteiger partial charge in [0, 0.05) is 30.4 Å². The summed E-state index contributed by atoms with van der Waals surface area (Å²) in [4.78, 5) is 34.1. The van der Waals surface area contributed by atoms with Gasteiger partial charge in [-0.25, -0.2) is 0 Å². The van der Waals surface area contributed by atoms with E-state index >= 15 is 0 Å². The second-order valence-corrected chi connectivity index (χ2v) is 9.77. The second-order valence-electron chi connectivity index (χ2n) is 9.77. The highest BCUT2D eigenvalue weighted by atomic mass is 16.5. The fourth-order valence-corrected chi connectivity index (χ4v) is 4.60. The van der Waals surface area contributed by atoms with Crippen LogP contribution in [0, 0.1) is 0 Å². The lowest BCUT2D eigenvalue weighted by Gasteiger charge is -2.22. The third-order valence-corrected chi connectivity index (χ3v) is 6.62. The van der Waals surface area contributed by atoms with Gasteiger partial charge in [-0.05, 0) is 69.2 Å². The first-order valence-corrected chi connectivity index (χ1v) is 14.2. The Labute approximate surface area is 235 Å². The van der Waals surface area contributed by atoms with Gasteiger partial charge in [0.1, 0.15) is 23.0 Å². The quantitative estimate of drug-likeness (QED) is 0.204. The van der Waals surface area contributed by atoms with E-state index in [1.807, 2.05) is 18.2 Å². The van der Waals surface area contributed by atoms with Crippen LogP contribution in [0.5, 0.6) is 23.0 Å². The van der Waals surface area contributed by atoms with E-state index in [9.17, 15) is 19.5 Å². The molecule has 9 heteroatoms. The summed E-state index contributed by atoms with van der Waals surface area (Å²) in [6.07, 6.45) is 6.06. The second kappa shape index (κ2) is 16.4. The van der Waals surface area contributed by atoms with Gasteiger partial charge in [-0.3, -0.25) is 14.4 Å². The van der Waals surface area contributed by atoms with Gasteiger partial charge in [0.25, 0.3) is 0 Å². The molecule has 218 valence electrons. The number of aliphatic carboxylic acids is 2. The number of fused-ring (bicyclic) bond motifs is 1. The van der Waals surface area contributed by atoms with Crippen LogP contribution in [0.25, 0.3) is 0 Å². The van der Waals surface area contributed by atoms with Gasteiger partial charge in [-0.15, -0.1) is 0 Å². The summed E-state index contributed by atoms with van der Waals surface area (Å²) in [5.41, 5.74) is 2.33. The van der Waals surface area contributed by atoms with Crippen molar-refractivity contribution in [1.82, 2.24) is 0 Å². The van der Waals surface area contributed by atoms with E-state index in [-0.39, 0.29) is 25.0 Å². The van der Waals surface area contributed by atoms with Crippen LogP contribution in [-0.4, -0.2) is 54.4 Å². The first-order chi connectivity index (χ1) is 19.4. The first-order valence-electron chi connectivity index (χ1n) is 14.2. The Balaban J connectivity index is 1.47. The Kier molecular flexibility index (Phi) is 12.6. The zero-order valence-corrected chi connectivity index (χ0v) is 23.2. The van der Waals surface area contributed by atoms with Crippen molar-refractivity contribution in [2.75, 3.05) is 26.4 Å². The van der Waals surface area contributed by atoms with E-state index in [0.29, 0.717) is 74.1 Å². The molecule has 40 heavy (non-hydrogen) atoms. The maximum absolute atomic E-state index is 12.2. The van der Waals surface area contributed by atoms with Gasteiger partial charge in [0.2, 0.25) is 0 Å². The van der Waals surface area contributed by atoms with Crippen LogP contribution < -0.4 is 18.9 Å². The Bertz CT molecular complexity index is 1140. The number of hydrogen-bond donors (Lipinski definition) is 2. The van der Waals surface area contributed by atoms with Gasteiger partial charge in [-0.2, -0.15) is 0 Å². The lowest BCUT2D eigenvalue weighted by Crippen LogP contribution is -2.17. The number of Topliss-reactive ketones (excluding diaryl/α,β-unsaturated/α-hetero) is 1. The van der Waals surface area contributed by atoms with Crippen LogP contribution in [0.1, 0.15) is 86.2 Å². The van der Waals surface area contributed by atoms with E-state index in [4.69, 9.17) is 24.1 Å². The third kappa shape index (κ3) is 9.47. The highest BCUT2D eigenvalue weighted by molar-refractivity contribution is 6.00. The average Bonchev–Trinajstić information content (AvgIpc) is 2.92. The number of carboxylic acids is 2. The topological polar surface area (TPSA) is 129 Å². The molecule has 1 aliphatic rings. The van der Waals surface area contributed by atoms with Crippen molar-refractivity contribution in [3.8, 4) is 23.0 Å². The first kappa shape index (κ1) is 30.8. The zero-order chi connectivity index (χ0) is 28.7. The highest BCUT2D eigenvalue weighted by Gasteiger charge is 2.23. The fraction of sp³-hybridized carbons (Fsp3) is 0.516. The number of carboxylic acid groups (broad SMARTS) is 2. The van der Waals surface area contributed by atoms with Gasteiger partial charge in [-0.1, -0.05) is 19.4 Å². The number of unbranched alkanes of at least 4 members (excludes halogenated alkanes) is 3. The molecule has 0 aromatic heterocycles. The highest BCUT2D eigenvalue weighted by Crippen LogP contribution is 2.36. The van der Waals surface area contributed by atoms with Crippen LogP contribution in [0.3, 0.4) is 0 Å². The molecule has 0 saturated heterocycles. The van der Waals surface area contributed by atoms with E-state index in [1.54, 1.807) is 12.1 Å². The summed E-state index contributed by atoms with van der Waals surface area (Å²) in [5.74, 6) is 1.000. The molecular weight excluding hydrogens is 516 g/mol. The van der Waals surface area contributed by atoms with Crippen LogP contribution in [0.4, 0.5) is 0 Å². The molecule has 2 aromatic rings. The van der Waals surface area contributed by atoms with Crippen molar-refractivity contribution in [3.63, 3.8) is 0 Å². The molecule has 0 saturated carbocycles. The van der Waals surface area contributed by atoms with Crippen molar-refractivity contribution in [2.24, 2.45) is 0 Å². The number of rotatable bonds is 19. The molecule has 0 aliphatic carbocycles. The molecule has 2 aromatic carbocycles. The fourth-order valence-electron chi connectivity index (χ4n) is 4.60. The van der Waals surface area contributed by atoms with Crippen LogP contribution in [-0.2, 0) is 22.4 Å². The standard InChI is InChI=1S/C31H40O9/c1-2-9-24-28(15-13-22-25(32)17-21-40-31(22)24)39-19-6-3-5-18-37-26-10-8-11-27(23(26)14-16-30(35)36)38-20-7-4-12-29(33)34/h8,10-11,13,15H,2-7,9,12,14,16-21H2,1H3,(H,33,34)(H,35,36). The average molecular weight is 557 g/mol. The number of benzene rings is 2. The predicted octanol–water partition coefficient (Wildman–Crippen LogP) is 5.88. The van der Waals surface area contributed by atoms with E-state index in [0.717, 1.165) is 43.4 Å². The summed E-state index contributed by atoms with van der Waals surface area (Å²) in [5, 5.41) is 18.0. The summed E-state index contributed by atoms with van der Waals surface area (Å²) >= 11 is 0. The Hall–Kier alpha value is -3.75. The lowest BCUT2D eigenvalue weighted by molar-refractivity contribution is -0.138. The monoisotopic (exact) mass is 556 g/mol. The summed E-state index contributed by atoms with van der Waals surface area (Å²) in [6, 6.07) is 9.08. The van der Waals surface area contributed by atoms with Crippen LogP contribution in [0.15, 0.2) is 30.3 Å². The number of carbonyl (C=O) groups excluding carboxylic acids is 1. The SMILES string of the molecule is CCCc1c(OCCCCCOc2cccc(OCCCCC(=O)O)c2CCC(=O)O)ccc2c1OCCC2=O. The third-order valence-electron chi connectivity index (χ3n) is 6.62. The summed E-state index contributed by atoms with van der Waals surface area (Å²) in [7, 11) is 0. The number of ether oxygens (including phenoxy) is 4.